The highest BCUT2D eigenvalue weighted by Crippen LogP contribution is 2.39. The first kappa shape index (κ1) is 24.4. The molecule has 0 saturated carbocycles. The van der Waals surface area contributed by atoms with E-state index in [-0.39, 0.29) is 45.5 Å². The van der Waals surface area contributed by atoms with Gasteiger partial charge in [0.15, 0.2) is 23.2 Å². The Morgan fingerprint density at radius 3 is 2.63 bits per heavy atom. The van der Waals surface area contributed by atoms with Crippen LogP contribution in [0.1, 0.15) is 5.69 Å². The Bertz CT molecular complexity index is 1740. The molecule has 0 atom stereocenters. The molecule has 1 amide bonds. The average molecular weight is 517 g/mol. The fraction of sp³-hybridized carbons (Fsp3) is 0.0385. The van der Waals surface area contributed by atoms with Gasteiger partial charge in [0.2, 0.25) is 5.88 Å². The van der Waals surface area contributed by atoms with Gasteiger partial charge in [-0.3, -0.25) is 4.79 Å². The van der Waals surface area contributed by atoms with Crippen LogP contribution in [-0.2, 0) is 4.79 Å². The van der Waals surface area contributed by atoms with Crippen LogP contribution in [0.5, 0.6) is 11.6 Å². The van der Waals surface area contributed by atoms with E-state index in [1.165, 1.54) is 30.6 Å². The number of nitrogens with zero attached hydrogens (tertiary/aromatic N) is 5. The maximum absolute atomic E-state index is 15.2. The number of hydrogen-bond acceptors (Lipinski definition) is 7. The first-order chi connectivity index (χ1) is 18.2. The van der Waals surface area contributed by atoms with Gasteiger partial charge in [-0.25, -0.2) is 23.1 Å². The Hall–Kier alpha value is -5.26. The van der Waals surface area contributed by atoms with Crippen LogP contribution in [0.15, 0.2) is 73.3 Å². The van der Waals surface area contributed by atoms with Crippen LogP contribution in [0, 0.1) is 18.6 Å². The number of aromatic nitrogens is 5. The number of hydrogen-bond donors (Lipinski definition) is 2. The normalized spacial score (nSPS) is 10.9. The summed E-state index contributed by atoms with van der Waals surface area (Å²) in [7, 11) is 0. The van der Waals surface area contributed by atoms with Gasteiger partial charge in [-0.2, -0.15) is 0 Å². The summed E-state index contributed by atoms with van der Waals surface area (Å²) in [5.41, 5.74) is 7.64. The molecular weight excluding hydrogens is 499 g/mol. The predicted molar refractivity (Wildman–Crippen MR) is 134 cm³/mol. The Kier molecular flexibility index (Phi) is 6.21. The molecule has 0 saturated heterocycles. The summed E-state index contributed by atoms with van der Waals surface area (Å²) in [6.07, 6.45) is 1.17. The van der Waals surface area contributed by atoms with Gasteiger partial charge in [-0.1, -0.05) is 18.7 Å². The number of halogens is 3. The van der Waals surface area contributed by atoms with Gasteiger partial charge < -0.3 is 15.8 Å². The summed E-state index contributed by atoms with van der Waals surface area (Å²) in [6.45, 7) is 4.68. The maximum atomic E-state index is 15.2. The third-order valence-electron chi connectivity index (χ3n) is 5.50. The van der Waals surface area contributed by atoms with Crippen LogP contribution in [0.2, 0.25) is 0 Å². The highest BCUT2D eigenvalue weighted by atomic mass is 19.1. The SMILES string of the molecule is C=C(F)C(=O)Nc1ccc(-c2nn3ncnc(N)c3c2-c2ccc(Oc3cccc(C)n3)c(F)c2)c(F)c1. The number of nitrogens with two attached hydrogens (primary N) is 1. The molecule has 0 radical (unpaired) electrons. The summed E-state index contributed by atoms with van der Waals surface area (Å²) < 4.78 is 50.2. The summed E-state index contributed by atoms with van der Waals surface area (Å²) in [5, 5.41) is 10.6. The van der Waals surface area contributed by atoms with E-state index >= 15 is 8.78 Å². The number of ether oxygens (including phenoxy) is 1. The van der Waals surface area contributed by atoms with Crippen molar-refractivity contribution in [3.63, 3.8) is 0 Å². The summed E-state index contributed by atoms with van der Waals surface area (Å²) >= 11 is 0. The number of benzene rings is 2. The van der Waals surface area contributed by atoms with Crippen LogP contribution in [0.25, 0.3) is 27.9 Å². The molecule has 0 aliphatic carbocycles. The molecule has 3 heterocycles. The van der Waals surface area contributed by atoms with Gasteiger partial charge in [0.05, 0.1) is 0 Å². The van der Waals surface area contributed by atoms with E-state index in [9.17, 15) is 9.18 Å². The molecule has 2 aromatic carbocycles. The van der Waals surface area contributed by atoms with Crippen molar-refractivity contribution in [1.29, 1.82) is 0 Å². The molecular formula is C26H18F3N7O2. The van der Waals surface area contributed by atoms with Gasteiger partial charge in [0.1, 0.15) is 23.4 Å². The van der Waals surface area contributed by atoms with Crippen LogP contribution in [0.4, 0.5) is 24.7 Å². The number of nitrogens with one attached hydrogen (secondary N) is 1. The molecule has 3 aromatic heterocycles. The quantitative estimate of drug-likeness (QED) is 0.296. The molecule has 5 aromatic rings. The monoisotopic (exact) mass is 517 g/mol. The predicted octanol–water partition coefficient (Wildman–Crippen LogP) is 5.24. The molecule has 0 fully saturated rings. The smallest absolute Gasteiger partial charge is 0.283 e. The molecule has 0 unspecified atom stereocenters. The Balaban J connectivity index is 1.61. The van der Waals surface area contributed by atoms with Crippen molar-refractivity contribution in [2.75, 3.05) is 11.1 Å². The fourth-order valence-corrected chi connectivity index (χ4v) is 3.79. The number of fused-ring (bicyclic) bond motifs is 1. The molecule has 9 nitrogen and oxygen atoms in total. The molecule has 0 bridgehead atoms. The lowest BCUT2D eigenvalue weighted by molar-refractivity contribution is -0.114. The second-order valence-corrected chi connectivity index (χ2v) is 8.13. The highest BCUT2D eigenvalue weighted by molar-refractivity contribution is 6.02. The molecule has 0 aliphatic heterocycles. The number of carbonyl (C=O) groups is 1. The van der Waals surface area contributed by atoms with Gasteiger partial charge in [-0.05, 0) is 48.9 Å². The topological polar surface area (TPSA) is 120 Å². The number of amides is 1. The lowest BCUT2D eigenvalue weighted by Crippen LogP contribution is -2.11. The third-order valence-corrected chi connectivity index (χ3v) is 5.50. The first-order valence-electron chi connectivity index (χ1n) is 11.1. The van der Waals surface area contributed by atoms with Gasteiger partial charge in [-0.15, -0.1) is 14.8 Å². The van der Waals surface area contributed by atoms with Crippen molar-refractivity contribution in [2.45, 2.75) is 6.92 Å². The van der Waals surface area contributed by atoms with Crippen molar-refractivity contribution in [3.05, 3.63) is 90.7 Å². The van der Waals surface area contributed by atoms with Crippen LogP contribution < -0.4 is 15.8 Å². The lowest BCUT2D eigenvalue weighted by Gasteiger charge is -2.10. The van der Waals surface area contributed by atoms with Crippen LogP contribution in [0.3, 0.4) is 0 Å². The van der Waals surface area contributed by atoms with E-state index in [0.29, 0.717) is 11.3 Å². The Labute approximate surface area is 213 Å². The Morgan fingerprint density at radius 1 is 1.11 bits per heavy atom. The number of aryl methyl sites for hydroxylation is 1. The van der Waals surface area contributed by atoms with Crippen LogP contribution >= 0.6 is 0 Å². The summed E-state index contributed by atoms with van der Waals surface area (Å²) in [5.74, 6) is -3.66. The van der Waals surface area contributed by atoms with Crippen molar-refractivity contribution in [2.24, 2.45) is 0 Å². The molecule has 190 valence electrons. The van der Waals surface area contributed by atoms with Crippen LogP contribution in [-0.4, -0.2) is 30.7 Å². The summed E-state index contributed by atoms with van der Waals surface area (Å²) in [4.78, 5) is 19.7. The molecule has 3 N–H and O–H groups in total. The maximum Gasteiger partial charge on any atom is 0.283 e. The van der Waals surface area contributed by atoms with Gasteiger partial charge in [0.25, 0.3) is 5.91 Å². The summed E-state index contributed by atoms with van der Waals surface area (Å²) in [6, 6.07) is 12.9. The van der Waals surface area contributed by atoms with Crippen molar-refractivity contribution in [3.8, 4) is 34.0 Å². The molecule has 0 aliphatic rings. The number of carbonyl (C=O) groups excluding carboxylic acids is 1. The zero-order valence-corrected chi connectivity index (χ0v) is 19.7. The number of nitrogen functional groups attached to an aromatic ring is 1. The number of pyridine rings is 1. The minimum Gasteiger partial charge on any atom is -0.436 e. The van der Waals surface area contributed by atoms with E-state index in [2.05, 4.69) is 32.1 Å². The van der Waals surface area contributed by atoms with E-state index in [1.807, 2.05) is 0 Å². The minimum absolute atomic E-state index is 0.00280. The highest BCUT2D eigenvalue weighted by Gasteiger charge is 2.23. The molecule has 12 heteroatoms. The van der Waals surface area contributed by atoms with E-state index in [0.717, 1.165) is 10.7 Å². The van der Waals surface area contributed by atoms with E-state index in [4.69, 9.17) is 10.5 Å². The zero-order chi connectivity index (χ0) is 27.0. The van der Waals surface area contributed by atoms with Gasteiger partial charge >= 0.3 is 0 Å². The second kappa shape index (κ2) is 9.65. The number of anilines is 2. The fourth-order valence-electron chi connectivity index (χ4n) is 3.79. The van der Waals surface area contributed by atoms with Crippen molar-refractivity contribution in [1.82, 2.24) is 24.8 Å². The molecule has 38 heavy (non-hydrogen) atoms. The average Bonchev–Trinajstić information content (AvgIpc) is 3.26. The lowest BCUT2D eigenvalue weighted by atomic mass is 9.99. The minimum atomic E-state index is -1.22. The molecule has 0 spiro atoms. The second-order valence-electron chi connectivity index (χ2n) is 8.13. The third kappa shape index (κ3) is 4.62. The zero-order valence-electron chi connectivity index (χ0n) is 19.7. The largest absolute Gasteiger partial charge is 0.436 e. The van der Waals surface area contributed by atoms with E-state index in [1.54, 1.807) is 31.2 Å². The molecule has 5 rings (SSSR count). The standard InChI is InChI=1S/C26H18F3N7O2/c1-13-4-3-5-21(33-13)38-20-9-6-15(10-19(20)29)22-23(35-36-24(22)25(30)31-12-32-36)17-8-7-16(11-18(17)28)34-26(37)14(2)27/h3-12H,2H2,1H3,(H,34,37)(H2,30,31,32). The Morgan fingerprint density at radius 2 is 1.92 bits per heavy atom. The first-order valence-corrected chi connectivity index (χ1v) is 11.1. The van der Waals surface area contributed by atoms with Gasteiger partial charge in [0, 0.05) is 28.6 Å². The van der Waals surface area contributed by atoms with Crippen molar-refractivity contribution >= 4 is 22.9 Å². The number of rotatable bonds is 6. The van der Waals surface area contributed by atoms with Crippen molar-refractivity contribution < 1.29 is 22.7 Å². The van der Waals surface area contributed by atoms with E-state index < -0.39 is 23.4 Å².